The van der Waals surface area contributed by atoms with E-state index in [0.717, 1.165) is 5.57 Å². The van der Waals surface area contributed by atoms with E-state index >= 15 is 0 Å². The van der Waals surface area contributed by atoms with Crippen LogP contribution in [0.1, 0.15) is 0 Å². The molecule has 0 amide bonds. The molecule has 0 fully saturated rings. The van der Waals surface area contributed by atoms with Crippen molar-refractivity contribution in [1.29, 1.82) is 0 Å². The Kier molecular flexibility index (Phi) is 2.13. The third-order valence-corrected chi connectivity index (χ3v) is 2.10. The van der Waals surface area contributed by atoms with Crippen LogP contribution in [-0.4, -0.2) is 0 Å². The molecular formula is C13H11. The maximum Gasteiger partial charge on any atom is -0.0152 e. The third-order valence-electron chi connectivity index (χ3n) is 2.10. The summed E-state index contributed by atoms with van der Waals surface area (Å²) in [6.07, 6.45) is 18.5. The van der Waals surface area contributed by atoms with Crippen LogP contribution < -0.4 is 0 Å². The molecule has 13 heavy (non-hydrogen) atoms. The Morgan fingerprint density at radius 1 is 0.769 bits per heavy atom. The summed E-state index contributed by atoms with van der Waals surface area (Å²) in [5.41, 5.74) is 3.49. The standard InChI is InChI=1S/C13H11/c1-11-7-5-6-9-12-8-3-2-4-10-13(11)12/h2-10H,1H2. The van der Waals surface area contributed by atoms with Gasteiger partial charge < -0.3 is 0 Å². The number of hydrogen-bond acceptors (Lipinski definition) is 0. The van der Waals surface area contributed by atoms with Gasteiger partial charge in [-0.15, -0.1) is 0 Å². The van der Waals surface area contributed by atoms with E-state index in [-0.39, 0.29) is 0 Å². The first kappa shape index (κ1) is 8.06. The molecule has 1 radical (unpaired) electrons. The smallest absolute Gasteiger partial charge is 0.0152 e. The average molecular weight is 167 g/mol. The molecule has 0 aromatic carbocycles. The van der Waals surface area contributed by atoms with Crippen molar-refractivity contribution in [1.82, 2.24) is 0 Å². The van der Waals surface area contributed by atoms with Crippen molar-refractivity contribution in [2.75, 3.05) is 0 Å². The Balaban J connectivity index is 2.54. The van der Waals surface area contributed by atoms with Crippen molar-refractivity contribution in [3.8, 4) is 0 Å². The summed E-state index contributed by atoms with van der Waals surface area (Å²) >= 11 is 0. The summed E-state index contributed by atoms with van der Waals surface area (Å²) in [5, 5.41) is 0. The van der Waals surface area contributed by atoms with Gasteiger partial charge >= 0.3 is 0 Å². The zero-order valence-corrected chi connectivity index (χ0v) is 7.40. The zero-order chi connectivity index (χ0) is 9.10. The first-order chi connectivity index (χ1) is 6.38. The van der Waals surface area contributed by atoms with Gasteiger partial charge in [0.15, 0.2) is 0 Å². The topological polar surface area (TPSA) is 0 Å². The molecule has 0 unspecified atom stereocenters. The van der Waals surface area contributed by atoms with E-state index < -0.39 is 0 Å². The van der Waals surface area contributed by atoms with Crippen LogP contribution in [0.4, 0.5) is 0 Å². The number of allylic oxidation sites excluding steroid dienone is 12. The molecule has 2 rings (SSSR count). The molecule has 0 aromatic rings. The molecule has 63 valence electrons. The minimum Gasteiger partial charge on any atom is -0.0622 e. The molecule has 0 heterocycles. The highest BCUT2D eigenvalue weighted by Crippen LogP contribution is 2.24. The van der Waals surface area contributed by atoms with Gasteiger partial charge in [-0.3, -0.25) is 0 Å². The molecule has 0 nitrogen and oxygen atoms in total. The predicted molar refractivity (Wildman–Crippen MR) is 57.0 cm³/mol. The molecular weight excluding hydrogens is 156 g/mol. The second kappa shape index (κ2) is 3.44. The Labute approximate surface area is 79.0 Å². The van der Waals surface area contributed by atoms with Crippen LogP contribution >= 0.6 is 0 Å². The maximum atomic E-state index is 4.02. The Morgan fingerprint density at radius 3 is 2.46 bits per heavy atom. The van der Waals surface area contributed by atoms with Crippen molar-refractivity contribution in [3.05, 3.63) is 78.3 Å². The van der Waals surface area contributed by atoms with E-state index in [0.29, 0.717) is 0 Å². The molecule has 2 aliphatic rings. The molecule has 2 aliphatic carbocycles. The van der Waals surface area contributed by atoms with Gasteiger partial charge in [-0.1, -0.05) is 54.7 Å². The first-order valence-corrected chi connectivity index (χ1v) is 4.34. The maximum absolute atomic E-state index is 4.02. The monoisotopic (exact) mass is 167 g/mol. The van der Waals surface area contributed by atoms with E-state index in [1.807, 2.05) is 36.5 Å². The fourth-order valence-electron chi connectivity index (χ4n) is 1.42. The van der Waals surface area contributed by atoms with Crippen molar-refractivity contribution < 1.29 is 0 Å². The van der Waals surface area contributed by atoms with Crippen molar-refractivity contribution >= 4 is 0 Å². The summed E-state index contributed by atoms with van der Waals surface area (Å²) < 4.78 is 0. The summed E-state index contributed by atoms with van der Waals surface area (Å²) in [4.78, 5) is 0. The molecule has 0 N–H and O–H groups in total. The van der Waals surface area contributed by atoms with Gasteiger partial charge in [-0.2, -0.15) is 0 Å². The highest BCUT2D eigenvalue weighted by molar-refractivity contribution is 5.59. The summed E-state index contributed by atoms with van der Waals surface area (Å²) in [6.45, 7) is 4.02. The van der Waals surface area contributed by atoms with E-state index in [9.17, 15) is 0 Å². The minimum absolute atomic E-state index is 1.07. The van der Waals surface area contributed by atoms with Gasteiger partial charge in [0.25, 0.3) is 0 Å². The van der Waals surface area contributed by atoms with Crippen molar-refractivity contribution in [3.63, 3.8) is 0 Å². The molecule has 0 spiro atoms. The van der Waals surface area contributed by atoms with Crippen LogP contribution in [-0.2, 0) is 0 Å². The van der Waals surface area contributed by atoms with Gasteiger partial charge in [0.2, 0.25) is 0 Å². The minimum atomic E-state index is 1.07. The van der Waals surface area contributed by atoms with Crippen molar-refractivity contribution in [2.45, 2.75) is 0 Å². The number of hydrogen-bond donors (Lipinski definition) is 0. The van der Waals surface area contributed by atoms with Crippen LogP contribution in [0.25, 0.3) is 0 Å². The Bertz CT molecular complexity index is 382. The van der Waals surface area contributed by atoms with Crippen LogP contribution in [0.2, 0.25) is 0 Å². The van der Waals surface area contributed by atoms with Crippen LogP contribution in [0.3, 0.4) is 0 Å². The predicted octanol–water partition coefficient (Wildman–Crippen LogP) is 3.30. The normalized spacial score (nSPS) is 19.6. The lowest BCUT2D eigenvalue weighted by atomic mass is 9.99. The Morgan fingerprint density at radius 2 is 1.54 bits per heavy atom. The molecule has 0 aromatic heterocycles. The van der Waals surface area contributed by atoms with E-state index in [1.165, 1.54) is 11.1 Å². The largest absolute Gasteiger partial charge is 0.0622 e. The molecule has 0 saturated carbocycles. The van der Waals surface area contributed by atoms with E-state index in [2.05, 4.69) is 25.2 Å². The lowest BCUT2D eigenvalue weighted by Crippen LogP contribution is -1.87. The molecule has 0 saturated heterocycles. The van der Waals surface area contributed by atoms with Gasteiger partial charge in [-0.25, -0.2) is 0 Å². The highest BCUT2D eigenvalue weighted by Gasteiger charge is 2.05. The second-order valence-electron chi connectivity index (χ2n) is 3.02. The van der Waals surface area contributed by atoms with Crippen molar-refractivity contribution in [2.24, 2.45) is 0 Å². The number of fused-ring (bicyclic) bond motifs is 1. The SMILES string of the molecule is [CH2]C1=CC=CC=C2C=CC=CC=C12. The highest BCUT2D eigenvalue weighted by atomic mass is 14.1. The Hall–Kier alpha value is -1.56. The quantitative estimate of drug-likeness (QED) is 0.519. The fraction of sp³-hybridized carbons (Fsp3) is 0. The molecule has 0 aliphatic heterocycles. The van der Waals surface area contributed by atoms with Crippen LogP contribution in [0.15, 0.2) is 71.4 Å². The third kappa shape index (κ3) is 1.62. The van der Waals surface area contributed by atoms with Gasteiger partial charge in [0.05, 0.1) is 0 Å². The van der Waals surface area contributed by atoms with E-state index in [1.54, 1.807) is 0 Å². The summed E-state index contributed by atoms with van der Waals surface area (Å²) in [6, 6.07) is 0. The molecule has 0 atom stereocenters. The fourth-order valence-corrected chi connectivity index (χ4v) is 1.42. The van der Waals surface area contributed by atoms with Gasteiger partial charge in [0, 0.05) is 0 Å². The first-order valence-electron chi connectivity index (χ1n) is 4.34. The zero-order valence-electron chi connectivity index (χ0n) is 7.40. The lowest BCUT2D eigenvalue weighted by Gasteiger charge is -2.05. The van der Waals surface area contributed by atoms with Crippen LogP contribution in [0.5, 0.6) is 0 Å². The van der Waals surface area contributed by atoms with Crippen LogP contribution in [0, 0.1) is 6.92 Å². The number of rotatable bonds is 0. The average Bonchev–Trinajstić information content (AvgIpc) is 2.43. The molecule has 0 heteroatoms. The van der Waals surface area contributed by atoms with Gasteiger partial charge in [0.1, 0.15) is 0 Å². The lowest BCUT2D eigenvalue weighted by molar-refractivity contribution is 1.48. The summed E-state index contributed by atoms with van der Waals surface area (Å²) in [5.74, 6) is 0. The molecule has 0 bridgehead atoms. The van der Waals surface area contributed by atoms with Gasteiger partial charge in [-0.05, 0) is 23.6 Å². The summed E-state index contributed by atoms with van der Waals surface area (Å²) in [7, 11) is 0. The second-order valence-corrected chi connectivity index (χ2v) is 3.02. The van der Waals surface area contributed by atoms with E-state index in [4.69, 9.17) is 0 Å².